The normalized spacial score (nSPS) is 28.2. The van der Waals surface area contributed by atoms with Crippen LogP contribution < -0.4 is 0 Å². The molecule has 1 aromatic rings. The third kappa shape index (κ3) is 3.19. The minimum Gasteiger partial charge on any atom is -0.385 e. The zero-order valence-corrected chi connectivity index (χ0v) is 14.1. The lowest BCUT2D eigenvalue weighted by molar-refractivity contribution is -0.174. The molecule has 2 saturated heterocycles. The molecule has 2 unspecified atom stereocenters. The Balaban J connectivity index is 1.81. The van der Waals surface area contributed by atoms with E-state index in [-0.39, 0.29) is 11.5 Å². The smallest absolute Gasteiger partial charge is 0.0898 e. The van der Waals surface area contributed by atoms with E-state index < -0.39 is 5.60 Å². The van der Waals surface area contributed by atoms with Gasteiger partial charge in [-0.05, 0) is 56.2 Å². The molecule has 0 amide bonds. The second-order valence-corrected chi connectivity index (χ2v) is 7.41. The van der Waals surface area contributed by atoms with Gasteiger partial charge in [-0.15, -0.1) is 0 Å². The number of hydrogen-bond donors (Lipinski definition) is 1. The Hall–Kier alpha value is -0.420. The van der Waals surface area contributed by atoms with Crippen molar-refractivity contribution in [1.82, 2.24) is 0 Å². The van der Waals surface area contributed by atoms with Crippen LogP contribution in [0.15, 0.2) is 28.7 Å². The predicted molar refractivity (Wildman–Crippen MR) is 85.2 cm³/mol. The van der Waals surface area contributed by atoms with E-state index in [1.165, 1.54) is 0 Å². The highest BCUT2D eigenvalue weighted by Crippen LogP contribution is 2.44. The van der Waals surface area contributed by atoms with Crippen LogP contribution in [0.3, 0.4) is 0 Å². The zero-order valence-electron chi connectivity index (χ0n) is 12.5. The molecule has 2 aliphatic rings. The molecule has 1 N–H and O–H groups in total. The summed E-state index contributed by atoms with van der Waals surface area (Å²) in [6.07, 6.45) is 3.70. The summed E-state index contributed by atoms with van der Waals surface area (Å²) in [4.78, 5) is 0. The lowest BCUT2D eigenvalue weighted by Crippen LogP contribution is -2.48. The molecule has 4 heteroatoms. The Kier molecular flexibility index (Phi) is 4.42. The van der Waals surface area contributed by atoms with E-state index in [0.29, 0.717) is 0 Å². The van der Waals surface area contributed by atoms with E-state index in [0.717, 1.165) is 55.5 Å². The molecule has 2 aliphatic heterocycles. The van der Waals surface area contributed by atoms with Crippen LogP contribution in [0.4, 0.5) is 0 Å². The van der Waals surface area contributed by atoms with Crippen LogP contribution in [0.2, 0.25) is 0 Å². The fraction of sp³-hybridized carbons (Fsp3) is 0.647. The van der Waals surface area contributed by atoms with Gasteiger partial charge in [0.1, 0.15) is 0 Å². The molecule has 0 radical (unpaired) electrons. The lowest BCUT2D eigenvalue weighted by atomic mass is 9.71. The van der Waals surface area contributed by atoms with Crippen LogP contribution in [0.5, 0.6) is 0 Å². The number of hydrogen-bond acceptors (Lipinski definition) is 3. The summed E-state index contributed by atoms with van der Waals surface area (Å²) < 4.78 is 12.6. The van der Waals surface area contributed by atoms with Crippen molar-refractivity contribution < 1.29 is 14.6 Å². The van der Waals surface area contributed by atoms with Gasteiger partial charge in [0.25, 0.3) is 0 Å². The second kappa shape index (κ2) is 5.99. The highest BCUT2D eigenvalue weighted by atomic mass is 79.9. The SMILES string of the molecule is CC(O)(c1cccc(Br)c1)C1CCOC2(CCOCC2)C1. The van der Waals surface area contributed by atoms with Gasteiger partial charge in [-0.25, -0.2) is 0 Å². The quantitative estimate of drug-likeness (QED) is 0.881. The highest BCUT2D eigenvalue weighted by Gasteiger charge is 2.45. The minimum absolute atomic E-state index is 0.0861. The summed E-state index contributed by atoms with van der Waals surface area (Å²) in [5.74, 6) is 0.221. The summed E-state index contributed by atoms with van der Waals surface area (Å²) >= 11 is 3.50. The average molecular weight is 355 g/mol. The van der Waals surface area contributed by atoms with Gasteiger partial charge in [0.15, 0.2) is 0 Å². The van der Waals surface area contributed by atoms with E-state index in [1.807, 2.05) is 31.2 Å². The van der Waals surface area contributed by atoms with Crippen molar-refractivity contribution in [2.75, 3.05) is 19.8 Å². The monoisotopic (exact) mass is 354 g/mol. The second-order valence-electron chi connectivity index (χ2n) is 6.49. The van der Waals surface area contributed by atoms with E-state index >= 15 is 0 Å². The molecule has 2 heterocycles. The van der Waals surface area contributed by atoms with E-state index in [4.69, 9.17) is 9.47 Å². The summed E-state index contributed by atoms with van der Waals surface area (Å²) in [5, 5.41) is 11.1. The summed E-state index contributed by atoms with van der Waals surface area (Å²) in [7, 11) is 0. The standard InChI is InChI=1S/C17H23BrO3/c1-16(19,13-3-2-4-15(18)11-13)14-5-8-21-17(12-14)6-9-20-10-7-17/h2-4,11,14,19H,5-10,12H2,1H3. The summed E-state index contributed by atoms with van der Waals surface area (Å²) in [5.41, 5.74) is 0.0711. The van der Waals surface area contributed by atoms with Gasteiger partial charge in [0, 0.05) is 24.3 Å². The van der Waals surface area contributed by atoms with Crippen LogP contribution in [0.1, 0.15) is 38.2 Å². The van der Waals surface area contributed by atoms with Gasteiger partial charge in [-0.2, -0.15) is 0 Å². The van der Waals surface area contributed by atoms with Crippen LogP contribution in [-0.2, 0) is 15.1 Å². The molecule has 3 rings (SSSR count). The number of halogens is 1. The van der Waals surface area contributed by atoms with Crippen LogP contribution in [0, 0.1) is 5.92 Å². The highest BCUT2D eigenvalue weighted by molar-refractivity contribution is 9.10. The fourth-order valence-electron chi connectivity index (χ4n) is 3.64. The van der Waals surface area contributed by atoms with Crippen molar-refractivity contribution >= 4 is 15.9 Å². The van der Waals surface area contributed by atoms with Crippen LogP contribution in [0.25, 0.3) is 0 Å². The lowest BCUT2D eigenvalue weighted by Gasteiger charge is -2.47. The number of ether oxygens (including phenoxy) is 2. The summed E-state index contributed by atoms with van der Waals surface area (Å²) in [6, 6.07) is 8.00. The first-order valence-electron chi connectivity index (χ1n) is 7.72. The molecule has 1 spiro atoms. The molecule has 0 bridgehead atoms. The average Bonchev–Trinajstić information content (AvgIpc) is 2.48. The first-order chi connectivity index (χ1) is 10.0. The Labute approximate surface area is 134 Å². The molecule has 116 valence electrons. The van der Waals surface area contributed by atoms with Crippen molar-refractivity contribution in [2.24, 2.45) is 5.92 Å². The molecule has 0 aromatic heterocycles. The molecular weight excluding hydrogens is 332 g/mol. The fourth-order valence-corrected chi connectivity index (χ4v) is 4.04. The predicted octanol–water partition coefficient (Wildman–Crippen LogP) is 3.63. The molecule has 2 atom stereocenters. The summed E-state index contributed by atoms with van der Waals surface area (Å²) in [6.45, 7) is 4.21. The number of benzene rings is 1. The van der Waals surface area contributed by atoms with E-state index in [1.54, 1.807) is 0 Å². The van der Waals surface area contributed by atoms with Crippen molar-refractivity contribution in [3.05, 3.63) is 34.3 Å². The zero-order chi connectivity index (χ0) is 14.9. The van der Waals surface area contributed by atoms with Crippen molar-refractivity contribution in [1.29, 1.82) is 0 Å². The third-order valence-corrected chi connectivity index (χ3v) is 5.59. The van der Waals surface area contributed by atoms with Gasteiger partial charge in [-0.1, -0.05) is 28.1 Å². The maximum atomic E-state index is 11.1. The largest absolute Gasteiger partial charge is 0.385 e. The molecule has 2 fully saturated rings. The van der Waals surface area contributed by atoms with Gasteiger partial charge >= 0.3 is 0 Å². The van der Waals surface area contributed by atoms with Crippen LogP contribution >= 0.6 is 15.9 Å². The number of rotatable bonds is 2. The van der Waals surface area contributed by atoms with Crippen molar-refractivity contribution in [3.63, 3.8) is 0 Å². The first kappa shape index (κ1) is 15.5. The third-order valence-electron chi connectivity index (χ3n) is 5.10. The molecule has 3 nitrogen and oxygen atoms in total. The topological polar surface area (TPSA) is 38.7 Å². The maximum absolute atomic E-state index is 11.1. The van der Waals surface area contributed by atoms with Crippen LogP contribution in [-0.4, -0.2) is 30.5 Å². The van der Waals surface area contributed by atoms with E-state index in [9.17, 15) is 5.11 Å². The van der Waals surface area contributed by atoms with Crippen molar-refractivity contribution in [3.8, 4) is 0 Å². The number of aliphatic hydroxyl groups is 1. The molecule has 21 heavy (non-hydrogen) atoms. The van der Waals surface area contributed by atoms with Gasteiger partial charge in [0.2, 0.25) is 0 Å². The van der Waals surface area contributed by atoms with E-state index in [2.05, 4.69) is 15.9 Å². The first-order valence-corrected chi connectivity index (χ1v) is 8.51. The van der Waals surface area contributed by atoms with Gasteiger partial charge in [0.05, 0.1) is 11.2 Å². The Morgan fingerprint density at radius 1 is 1.29 bits per heavy atom. The minimum atomic E-state index is -0.821. The van der Waals surface area contributed by atoms with Gasteiger partial charge < -0.3 is 14.6 Å². The van der Waals surface area contributed by atoms with Gasteiger partial charge in [-0.3, -0.25) is 0 Å². The Morgan fingerprint density at radius 2 is 2.05 bits per heavy atom. The maximum Gasteiger partial charge on any atom is 0.0898 e. The Bertz CT molecular complexity index is 489. The molecule has 0 aliphatic carbocycles. The van der Waals surface area contributed by atoms with Crippen molar-refractivity contribution in [2.45, 2.75) is 43.8 Å². The molecular formula is C17H23BrO3. The molecule has 1 aromatic carbocycles. The Morgan fingerprint density at radius 3 is 2.76 bits per heavy atom. The molecule has 0 saturated carbocycles.